The van der Waals surface area contributed by atoms with Crippen molar-refractivity contribution in [2.75, 3.05) is 14.2 Å². The molecule has 1 unspecified atom stereocenters. The minimum absolute atomic E-state index is 0.257. The molecule has 2 rings (SSSR count). The summed E-state index contributed by atoms with van der Waals surface area (Å²) < 4.78 is 10.2. The van der Waals surface area contributed by atoms with Crippen molar-refractivity contribution in [1.82, 2.24) is 10.3 Å². The van der Waals surface area contributed by atoms with E-state index in [1.807, 2.05) is 32.0 Å². The van der Waals surface area contributed by atoms with Crippen molar-refractivity contribution in [2.24, 2.45) is 0 Å². The Hall–Kier alpha value is -2.76. The molecule has 0 saturated heterocycles. The van der Waals surface area contributed by atoms with Crippen LogP contribution >= 0.6 is 0 Å². The number of carbonyl (C=O) groups excluding carboxylic acids is 2. The predicted molar refractivity (Wildman–Crippen MR) is 95.2 cm³/mol. The Kier molecular flexibility index (Phi) is 5.51. The first-order valence-electron chi connectivity index (χ1n) is 8.03. The molecule has 25 heavy (non-hydrogen) atoms. The zero-order valence-electron chi connectivity index (χ0n) is 15.4. The van der Waals surface area contributed by atoms with Gasteiger partial charge in [0.05, 0.1) is 25.8 Å². The normalized spacial score (nSPS) is 11.8. The van der Waals surface area contributed by atoms with Crippen LogP contribution < -0.4 is 10.1 Å². The second-order valence-corrected chi connectivity index (χ2v) is 6.06. The van der Waals surface area contributed by atoms with Crippen LogP contribution in [0.25, 0.3) is 0 Å². The summed E-state index contributed by atoms with van der Waals surface area (Å²) in [5.41, 5.74) is 3.91. The van der Waals surface area contributed by atoms with Crippen LogP contribution in [0.2, 0.25) is 0 Å². The first-order valence-corrected chi connectivity index (χ1v) is 8.03. The summed E-state index contributed by atoms with van der Waals surface area (Å²) in [6.07, 6.45) is 0. The van der Waals surface area contributed by atoms with Gasteiger partial charge < -0.3 is 19.8 Å². The molecule has 134 valence electrons. The molecule has 0 aliphatic carbocycles. The Morgan fingerprint density at radius 3 is 2.44 bits per heavy atom. The molecule has 6 nitrogen and oxygen atoms in total. The van der Waals surface area contributed by atoms with E-state index >= 15 is 0 Å². The number of rotatable bonds is 5. The van der Waals surface area contributed by atoms with E-state index in [0.29, 0.717) is 28.3 Å². The summed E-state index contributed by atoms with van der Waals surface area (Å²) in [6.45, 7) is 7.34. The summed E-state index contributed by atoms with van der Waals surface area (Å²) in [5.74, 6) is -0.0291. The molecule has 0 bridgehead atoms. The number of amides is 1. The van der Waals surface area contributed by atoms with E-state index < -0.39 is 5.97 Å². The van der Waals surface area contributed by atoms with Gasteiger partial charge in [0, 0.05) is 11.3 Å². The largest absolute Gasteiger partial charge is 0.496 e. The van der Waals surface area contributed by atoms with Crippen LogP contribution in [-0.4, -0.2) is 31.1 Å². The highest BCUT2D eigenvalue weighted by molar-refractivity contribution is 6.00. The second kappa shape index (κ2) is 7.42. The zero-order chi connectivity index (χ0) is 18.7. The lowest BCUT2D eigenvalue weighted by Gasteiger charge is -2.18. The first kappa shape index (κ1) is 18.6. The molecule has 0 aliphatic heterocycles. The summed E-state index contributed by atoms with van der Waals surface area (Å²) in [7, 11) is 2.92. The van der Waals surface area contributed by atoms with Crippen molar-refractivity contribution >= 4 is 11.9 Å². The Morgan fingerprint density at radius 1 is 1.16 bits per heavy atom. The summed E-state index contributed by atoms with van der Waals surface area (Å²) in [4.78, 5) is 27.5. The van der Waals surface area contributed by atoms with Crippen LogP contribution in [0.3, 0.4) is 0 Å². The van der Waals surface area contributed by atoms with Gasteiger partial charge in [-0.15, -0.1) is 0 Å². The molecule has 1 heterocycles. The van der Waals surface area contributed by atoms with Gasteiger partial charge in [-0.2, -0.15) is 0 Å². The number of carbonyl (C=O) groups is 2. The first-order chi connectivity index (χ1) is 11.8. The molecule has 0 aliphatic rings. The van der Waals surface area contributed by atoms with Crippen LogP contribution in [0.4, 0.5) is 0 Å². The van der Waals surface area contributed by atoms with Gasteiger partial charge in [-0.1, -0.05) is 17.7 Å². The van der Waals surface area contributed by atoms with Gasteiger partial charge >= 0.3 is 5.97 Å². The van der Waals surface area contributed by atoms with Crippen molar-refractivity contribution in [1.29, 1.82) is 0 Å². The predicted octanol–water partition coefficient (Wildman–Crippen LogP) is 3.23. The molecule has 1 amide bonds. The van der Waals surface area contributed by atoms with Gasteiger partial charge in [0.2, 0.25) is 0 Å². The average Bonchev–Trinajstić information content (AvgIpc) is 2.88. The molecule has 1 aromatic heterocycles. The van der Waals surface area contributed by atoms with Gasteiger partial charge in [0.1, 0.15) is 11.4 Å². The fourth-order valence-electron chi connectivity index (χ4n) is 2.92. The maximum absolute atomic E-state index is 12.7. The average molecular weight is 344 g/mol. The van der Waals surface area contributed by atoms with E-state index in [9.17, 15) is 9.59 Å². The van der Waals surface area contributed by atoms with Crippen LogP contribution in [0.5, 0.6) is 5.75 Å². The molecule has 2 aromatic rings. The maximum atomic E-state index is 12.7. The molecule has 6 heteroatoms. The van der Waals surface area contributed by atoms with Crippen LogP contribution in [0.1, 0.15) is 56.2 Å². The third-order valence-corrected chi connectivity index (χ3v) is 4.25. The van der Waals surface area contributed by atoms with Crippen LogP contribution in [0.15, 0.2) is 18.2 Å². The molecule has 0 fully saturated rings. The van der Waals surface area contributed by atoms with Gasteiger partial charge in [-0.25, -0.2) is 4.79 Å². The Morgan fingerprint density at radius 2 is 1.84 bits per heavy atom. The number of esters is 1. The van der Waals surface area contributed by atoms with E-state index in [1.54, 1.807) is 21.0 Å². The number of hydrogen-bond donors (Lipinski definition) is 2. The standard InChI is InChI=1S/C19H24N2O4/c1-10-7-8-15(24-5)14(9-10)12(3)21-18(22)17-11(2)16(13(4)20-17)19(23)25-6/h7-9,12,20H,1-6H3,(H,21,22). The number of ether oxygens (including phenoxy) is 2. The van der Waals surface area contributed by atoms with Crippen LogP contribution in [0, 0.1) is 20.8 Å². The molecule has 0 spiro atoms. The molecule has 0 saturated carbocycles. The van der Waals surface area contributed by atoms with E-state index in [4.69, 9.17) is 9.47 Å². The topological polar surface area (TPSA) is 80.4 Å². The van der Waals surface area contributed by atoms with Crippen LogP contribution in [-0.2, 0) is 4.74 Å². The number of aryl methyl sites for hydroxylation is 2. The van der Waals surface area contributed by atoms with E-state index in [-0.39, 0.29) is 11.9 Å². The van der Waals surface area contributed by atoms with Crippen molar-refractivity contribution in [3.63, 3.8) is 0 Å². The Labute approximate surface area is 147 Å². The molecule has 1 atom stereocenters. The smallest absolute Gasteiger partial charge is 0.339 e. The lowest BCUT2D eigenvalue weighted by molar-refractivity contribution is 0.0599. The molecular formula is C19H24N2O4. The van der Waals surface area contributed by atoms with E-state index in [1.165, 1.54) is 7.11 Å². The highest BCUT2D eigenvalue weighted by Gasteiger charge is 2.24. The number of hydrogen-bond acceptors (Lipinski definition) is 4. The van der Waals surface area contributed by atoms with E-state index in [0.717, 1.165) is 11.1 Å². The number of methoxy groups -OCH3 is 2. The maximum Gasteiger partial charge on any atom is 0.339 e. The second-order valence-electron chi connectivity index (χ2n) is 6.06. The quantitative estimate of drug-likeness (QED) is 0.816. The van der Waals surface area contributed by atoms with Crippen molar-refractivity contribution in [3.8, 4) is 5.75 Å². The molecule has 0 radical (unpaired) electrons. The summed E-state index contributed by atoms with van der Waals surface area (Å²) in [6, 6.07) is 5.56. The molecule has 1 aromatic carbocycles. The summed E-state index contributed by atoms with van der Waals surface area (Å²) >= 11 is 0. The number of nitrogens with one attached hydrogen (secondary N) is 2. The highest BCUT2D eigenvalue weighted by atomic mass is 16.5. The number of aromatic nitrogens is 1. The van der Waals surface area contributed by atoms with E-state index in [2.05, 4.69) is 10.3 Å². The summed E-state index contributed by atoms with van der Waals surface area (Å²) in [5, 5.41) is 2.95. The number of aromatic amines is 1. The third-order valence-electron chi connectivity index (χ3n) is 4.25. The fraction of sp³-hybridized carbons (Fsp3) is 0.368. The molecular weight excluding hydrogens is 320 g/mol. The minimum atomic E-state index is -0.460. The monoisotopic (exact) mass is 344 g/mol. The third kappa shape index (κ3) is 3.68. The Balaban J connectivity index is 2.29. The highest BCUT2D eigenvalue weighted by Crippen LogP contribution is 2.27. The number of H-pyrrole nitrogens is 1. The fourth-order valence-corrected chi connectivity index (χ4v) is 2.92. The lowest BCUT2D eigenvalue weighted by Crippen LogP contribution is -2.28. The van der Waals surface area contributed by atoms with Gasteiger partial charge in [-0.05, 0) is 39.3 Å². The van der Waals surface area contributed by atoms with Gasteiger partial charge in [0.15, 0.2) is 0 Å². The zero-order valence-corrected chi connectivity index (χ0v) is 15.4. The van der Waals surface area contributed by atoms with Crippen molar-refractivity contribution in [3.05, 3.63) is 51.8 Å². The molecule has 2 N–H and O–H groups in total. The van der Waals surface area contributed by atoms with Crippen molar-refractivity contribution in [2.45, 2.75) is 33.7 Å². The Bertz CT molecular complexity index is 808. The lowest BCUT2D eigenvalue weighted by atomic mass is 10.0. The minimum Gasteiger partial charge on any atom is -0.496 e. The van der Waals surface area contributed by atoms with Gasteiger partial charge in [0.25, 0.3) is 5.91 Å². The SMILES string of the molecule is COC(=O)c1c(C)[nH]c(C(=O)NC(C)c2cc(C)ccc2OC)c1C. The van der Waals surface area contributed by atoms with Gasteiger partial charge in [-0.3, -0.25) is 4.79 Å². The number of benzene rings is 1. The van der Waals surface area contributed by atoms with Crippen molar-refractivity contribution < 1.29 is 19.1 Å².